The highest BCUT2D eigenvalue weighted by Gasteiger charge is 2.31. The van der Waals surface area contributed by atoms with Gasteiger partial charge in [0.15, 0.2) is 5.82 Å². The van der Waals surface area contributed by atoms with Gasteiger partial charge in [0.05, 0.1) is 12.1 Å². The molecule has 0 spiro atoms. The summed E-state index contributed by atoms with van der Waals surface area (Å²) in [6.07, 6.45) is 7.32. The average molecular weight is 383 g/mol. The maximum Gasteiger partial charge on any atom is 0.168 e. The van der Waals surface area contributed by atoms with E-state index in [-0.39, 0.29) is 0 Å². The van der Waals surface area contributed by atoms with E-state index in [2.05, 4.69) is 69.0 Å². The predicted octanol–water partition coefficient (Wildman–Crippen LogP) is 4.07. The molecule has 0 amide bonds. The van der Waals surface area contributed by atoms with E-state index in [0.29, 0.717) is 12.1 Å². The van der Waals surface area contributed by atoms with Crippen LogP contribution < -0.4 is 4.90 Å². The molecule has 1 aliphatic carbocycles. The summed E-state index contributed by atoms with van der Waals surface area (Å²) in [4.78, 5) is 5.16. The summed E-state index contributed by atoms with van der Waals surface area (Å²) in [7, 11) is 0. The van der Waals surface area contributed by atoms with Gasteiger partial charge in [0.1, 0.15) is 0 Å². The second-order valence-electron chi connectivity index (χ2n) is 8.54. The minimum absolute atomic E-state index is 0.335. The second kappa shape index (κ2) is 8.60. The van der Waals surface area contributed by atoms with E-state index in [1.54, 1.807) is 0 Å². The second-order valence-corrected chi connectivity index (χ2v) is 8.54. The van der Waals surface area contributed by atoms with Gasteiger partial charge in [0.2, 0.25) is 0 Å². The van der Waals surface area contributed by atoms with Crippen LogP contribution in [-0.4, -0.2) is 51.3 Å². The molecule has 152 valence electrons. The maximum absolute atomic E-state index is 4.50. The van der Waals surface area contributed by atoms with Gasteiger partial charge in [-0.15, -0.1) is 5.10 Å². The van der Waals surface area contributed by atoms with Crippen molar-refractivity contribution in [2.24, 2.45) is 0 Å². The molecule has 1 aliphatic heterocycles. The van der Waals surface area contributed by atoms with Crippen LogP contribution in [0.25, 0.3) is 0 Å². The minimum Gasteiger partial charge on any atom is -0.369 e. The molecular formula is C22H34N6. The first kappa shape index (κ1) is 19.4. The first-order chi connectivity index (χ1) is 13.7. The molecule has 1 atom stereocenters. The van der Waals surface area contributed by atoms with Gasteiger partial charge in [-0.1, -0.05) is 38.3 Å². The number of nitrogens with zero attached hydrogens (tertiary/aromatic N) is 6. The van der Waals surface area contributed by atoms with E-state index in [1.807, 2.05) is 0 Å². The fourth-order valence-corrected chi connectivity index (χ4v) is 4.91. The third kappa shape index (κ3) is 3.93. The van der Waals surface area contributed by atoms with Crippen LogP contribution in [0.4, 0.5) is 5.69 Å². The summed E-state index contributed by atoms with van der Waals surface area (Å²) >= 11 is 0. The van der Waals surface area contributed by atoms with Crippen molar-refractivity contribution in [3.05, 3.63) is 35.2 Å². The van der Waals surface area contributed by atoms with Crippen LogP contribution in [-0.2, 0) is 0 Å². The van der Waals surface area contributed by atoms with E-state index < -0.39 is 0 Å². The lowest BCUT2D eigenvalue weighted by Crippen LogP contribution is -2.48. The smallest absolute Gasteiger partial charge is 0.168 e. The van der Waals surface area contributed by atoms with E-state index in [1.165, 1.54) is 42.5 Å². The van der Waals surface area contributed by atoms with Crippen molar-refractivity contribution in [2.45, 2.75) is 71.4 Å². The molecule has 1 aromatic carbocycles. The third-order valence-electron chi connectivity index (χ3n) is 6.51. The van der Waals surface area contributed by atoms with Gasteiger partial charge in [-0.25, -0.2) is 4.68 Å². The number of aryl methyl sites for hydroxylation is 2. The largest absolute Gasteiger partial charge is 0.369 e. The summed E-state index contributed by atoms with van der Waals surface area (Å²) in [5.74, 6) is 1.09. The van der Waals surface area contributed by atoms with Gasteiger partial charge in [-0.2, -0.15) is 0 Å². The van der Waals surface area contributed by atoms with Crippen molar-refractivity contribution < 1.29 is 0 Å². The molecule has 4 rings (SSSR count). The van der Waals surface area contributed by atoms with E-state index in [4.69, 9.17) is 0 Å². The lowest BCUT2D eigenvalue weighted by atomic mass is 10.1. The number of hydrogen-bond donors (Lipinski definition) is 0. The molecule has 6 nitrogen and oxygen atoms in total. The maximum atomic E-state index is 4.50. The molecule has 0 N–H and O–H groups in total. The Morgan fingerprint density at radius 2 is 1.82 bits per heavy atom. The highest BCUT2D eigenvalue weighted by Crippen LogP contribution is 2.33. The zero-order valence-corrected chi connectivity index (χ0v) is 17.6. The van der Waals surface area contributed by atoms with Crippen LogP contribution in [0.1, 0.15) is 74.5 Å². The van der Waals surface area contributed by atoms with Gasteiger partial charge < -0.3 is 4.90 Å². The third-order valence-corrected chi connectivity index (χ3v) is 6.51. The summed E-state index contributed by atoms with van der Waals surface area (Å²) in [5, 5.41) is 13.0. The number of aromatic nitrogens is 4. The van der Waals surface area contributed by atoms with Crippen LogP contribution in [0.5, 0.6) is 0 Å². The Labute approximate surface area is 168 Å². The van der Waals surface area contributed by atoms with Crippen LogP contribution in [0, 0.1) is 13.8 Å². The molecular weight excluding hydrogens is 348 g/mol. The van der Waals surface area contributed by atoms with Crippen molar-refractivity contribution in [2.75, 3.05) is 31.1 Å². The van der Waals surface area contributed by atoms with Gasteiger partial charge in [0.25, 0.3) is 0 Å². The van der Waals surface area contributed by atoms with E-state index in [9.17, 15) is 0 Å². The van der Waals surface area contributed by atoms with Crippen LogP contribution >= 0.6 is 0 Å². The molecule has 2 heterocycles. The van der Waals surface area contributed by atoms with Crippen molar-refractivity contribution in [1.82, 2.24) is 25.1 Å². The van der Waals surface area contributed by atoms with Crippen molar-refractivity contribution in [3.63, 3.8) is 0 Å². The minimum atomic E-state index is 0.335. The Morgan fingerprint density at radius 1 is 1.07 bits per heavy atom. The highest BCUT2D eigenvalue weighted by molar-refractivity contribution is 5.55. The molecule has 6 heteroatoms. The summed E-state index contributed by atoms with van der Waals surface area (Å²) in [6, 6.07) is 7.61. The summed E-state index contributed by atoms with van der Waals surface area (Å²) in [5.41, 5.74) is 4.10. The normalized spacial score (nSPS) is 20.0. The first-order valence-corrected chi connectivity index (χ1v) is 11.0. The molecule has 2 aliphatic rings. The molecule has 0 bridgehead atoms. The Bertz CT molecular complexity index is 771. The first-order valence-electron chi connectivity index (χ1n) is 11.0. The molecule has 28 heavy (non-hydrogen) atoms. The topological polar surface area (TPSA) is 50.1 Å². The fraction of sp³-hybridized carbons (Fsp3) is 0.682. The number of anilines is 1. The quantitative estimate of drug-likeness (QED) is 0.754. The Morgan fingerprint density at radius 3 is 2.54 bits per heavy atom. The summed E-state index contributed by atoms with van der Waals surface area (Å²) in [6.45, 7) is 10.9. The average Bonchev–Trinajstić information content (AvgIpc) is 3.40. The van der Waals surface area contributed by atoms with Gasteiger partial charge in [-0.05, 0) is 60.7 Å². The van der Waals surface area contributed by atoms with E-state index in [0.717, 1.165) is 44.8 Å². The Kier molecular flexibility index (Phi) is 5.95. The molecule has 2 aromatic rings. The zero-order valence-electron chi connectivity index (χ0n) is 17.6. The number of benzene rings is 1. The number of hydrogen-bond acceptors (Lipinski definition) is 5. The number of rotatable bonds is 6. The molecule has 0 radical (unpaired) electrons. The molecule has 1 saturated carbocycles. The number of piperazine rings is 1. The molecule has 2 fully saturated rings. The van der Waals surface area contributed by atoms with Crippen LogP contribution in [0.15, 0.2) is 18.2 Å². The van der Waals surface area contributed by atoms with Crippen molar-refractivity contribution >= 4 is 5.69 Å². The molecule has 1 saturated heterocycles. The van der Waals surface area contributed by atoms with Gasteiger partial charge in [-0.3, -0.25) is 4.90 Å². The van der Waals surface area contributed by atoms with Crippen LogP contribution in [0.2, 0.25) is 0 Å². The molecule has 1 aromatic heterocycles. The van der Waals surface area contributed by atoms with Gasteiger partial charge >= 0.3 is 0 Å². The number of tetrazole rings is 1. The lowest BCUT2D eigenvalue weighted by Gasteiger charge is -2.40. The standard InChI is InChI=1S/C22H34N6/c1-4-7-20(22-23-24-25-28(22)19-8-5-6-9-19)26-12-14-27(15-13-26)21-16-17(2)10-11-18(21)3/h10-11,16,19-20H,4-9,12-15H2,1-3H3/t20-/m1/s1. The Hall–Kier alpha value is -1.95. The summed E-state index contributed by atoms with van der Waals surface area (Å²) < 4.78 is 2.16. The monoisotopic (exact) mass is 382 g/mol. The van der Waals surface area contributed by atoms with E-state index >= 15 is 0 Å². The Balaban J connectivity index is 1.49. The van der Waals surface area contributed by atoms with Crippen molar-refractivity contribution in [1.29, 1.82) is 0 Å². The zero-order chi connectivity index (χ0) is 19.5. The predicted molar refractivity (Wildman–Crippen MR) is 113 cm³/mol. The lowest BCUT2D eigenvalue weighted by molar-refractivity contribution is 0.161. The highest BCUT2D eigenvalue weighted by atomic mass is 15.6. The van der Waals surface area contributed by atoms with Gasteiger partial charge in [0, 0.05) is 31.9 Å². The molecule has 0 unspecified atom stereocenters. The fourth-order valence-electron chi connectivity index (χ4n) is 4.91. The SMILES string of the molecule is CCC[C@H](c1nnnn1C1CCCC1)N1CCN(c2cc(C)ccc2C)CC1. The van der Waals surface area contributed by atoms with Crippen molar-refractivity contribution in [3.8, 4) is 0 Å². The van der Waals surface area contributed by atoms with Crippen LogP contribution in [0.3, 0.4) is 0 Å².